The molecule has 0 radical (unpaired) electrons. The number of ketones is 1. The van der Waals surface area contributed by atoms with E-state index in [1.165, 1.54) is 0 Å². The van der Waals surface area contributed by atoms with Crippen molar-refractivity contribution in [3.05, 3.63) is 53.4 Å². The number of nitrogens with zero attached hydrogens (tertiary/aromatic N) is 2. The Hall–Kier alpha value is -2.36. The number of benzene rings is 1. The lowest BCUT2D eigenvalue weighted by molar-refractivity contribution is 0.0980. The van der Waals surface area contributed by atoms with Crippen LogP contribution in [0.3, 0.4) is 0 Å². The molecule has 0 atom stereocenters. The fourth-order valence-corrected chi connectivity index (χ4v) is 2.48. The third kappa shape index (κ3) is 3.05. The maximum Gasteiger partial charge on any atom is 0.166 e. The number of hydrogen-bond acceptors (Lipinski definition) is 3. The molecule has 0 bridgehead atoms. The lowest BCUT2D eigenvalue weighted by Gasteiger charge is -2.03. The van der Waals surface area contributed by atoms with Gasteiger partial charge in [-0.3, -0.25) is 9.48 Å². The van der Waals surface area contributed by atoms with Crippen molar-refractivity contribution in [3.8, 4) is 5.75 Å². The summed E-state index contributed by atoms with van der Waals surface area (Å²) in [5.74, 6) is 1.03. The molecule has 1 aliphatic carbocycles. The van der Waals surface area contributed by atoms with Crippen LogP contribution in [0.15, 0.2) is 36.5 Å². The molecule has 0 saturated heterocycles. The first-order chi connectivity index (χ1) is 10.3. The molecule has 0 fully saturated rings. The molecule has 0 saturated carbocycles. The van der Waals surface area contributed by atoms with Crippen LogP contribution in [0, 0.1) is 0 Å². The largest absolute Gasteiger partial charge is 0.497 e. The summed E-state index contributed by atoms with van der Waals surface area (Å²) in [7, 11) is 1.65. The number of Topliss-reactive ketones (excluding diaryl/α,β-unsaturated/α-hetero) is 1. The molecule has 108 valence electrons. The first kappa shape index (κ1) is 13.6. The van der Waals surface area contributed by atoms with Gasteiger partial charge in [0.05, 0.1) is 24.9 Å². The van der Waals surface area contributed by atoms with Crippen molar-refractivity contribution in [3.63, 3.8) is 0 Å². The van der Waals surface area contributed by atoms with Crippen molar-refractivity contribution in [2.75, 3.05) is 7.11 Å². The molecule has 3 rings (SSSR count). The lowest BCUT2D eigenvalue weighted by atomic mass is 10.0. The maximum absolute atomic E-state index is 12.1. The van der Waals surface area contributed by atoms with Gasteiger partial charge < -0.3 is 4.74 Å². The van der Waals surface area contributed by atoms with Gasteiger partial charge >= 0.3 is 0 Å². The van der Waals surface area contributed by atoms with E-state index in [0.717, 1.165) is 35.4 Å². The van der Waals surface area contributed by atoms with Crippen molar-refractivity contribution in [2.24, 2.45) is 0 Å². The van der Waals surface area contributed by atoms with Crippen LogP contribution in [0.5, 0.6) is 5.75 Å². The van der Waals surface area contributed by atoms with E-state index in [1.54, 1.807) is 7.11 Å². The van der Waals surface area contributed by atoms with Crippen LogP contribution >= 0.6 is 0 Å². The average Bonchev–Trinajstić information content (AvgIpc) is 2.88. The number of carbonyl (C=O) groups is 1. The van der Waals surface area contributed by atoms with Gasteiger partial charge in [-0.25, -0.2) is 0 Å². The monoisotopic (exact) mass is 282 g/mol. The minimum atomic E-state index is 0.190. The Labute approximate surface area is 124 Å². The van der Waals surface area contributed by atoms with Crippen molar-refractivity contribution < 1.29 is 9.53 Å². The molecule has 4 heteroatoms. The summed E-state index contributed by atoms with van der Waals surface area (Å²) < 4.78 is 6.98. The second kappa shape index (κ2) is 5.95. The highest BCUT2D eigenvalue weighted by atomic mass is 16.5. The van der Waals surface area contributed by atoms with Crippen molar-refractivity contribution in [1.82, 2.24) is 9.78 Å². The number of aromatic nitrogens is 2. The van der Waals surface area contributed by atoms with E-state index in [2.05, 4.69) is 11.2 Å². The molecule has 0 aliphatic heterocycles. The topological polar surface area (TPSA) is 44.1 Å². The summed E-state index contributed by atoms with van der Waals surface area (Å²) in [6.07, 6.45) is 8.37. The van der Waals surface area contributed by atoms with E-state index in [4.69, 9.17) is 4.74 Å². The molecule has 0 spiro atoms. The molecule has 1 heterocycles. The van der Waals surface area contributed by atoms with E-state index in [9.17, 15) is 4.79 Å². The molecule has 4 nitrogen and oxygen atoms in total. The smallest absolute Gasteiger partial charge is 0.166 e. The highest BCUT2D eigenvalue weighted by Gasteiger charge is 2.15. The number of rotatable bonds is 3. The molecule has 1 aromatic heterocycles. The molecule has 0 unspecified atom stereocenters. The maximum atomic E-state index is 12.1. The molecule has 1 aromatic carbocycles. The molecule has 1 aliphatic rings. The van der Waals surface area contributed by atoms with Crippen LogP contribution in [0.2, 0.25) is 0 Å². The van der Waals surface area contributed by atoms with Crippen LogP contribution in [-0.2, 0) is 6.54 Å². The molecular formula is C17H18N2O2. The van der Waals surface area contributed by atoms with Crippen LogP contribution in [-0.4, -0.2) is 22.7 Å². The Morgan fingerprint density at radius 3 is 2.86 bits per heavy atom. The fraction of sp³-hybridized carbons (Fsp3) is 0.294. The Morgan fingerprint density at radius 1 is 1.29 bits per heavy atom. The summed E-state index contributed by atoms with van der Waals surface area (Å²) >= 11 is 0. The van der Waals surface area contributed by atoms with Gasteiger partial charge in [-0.2, -0.15) is 5.10 Å². The van der Waals surface area contributed by atoms with E-state index in [1.807, 2.05) is 41.2 Å². The van der Waals surface area contributed by atoms with Gasteiger partial charge in [-0.1, -0.05) is 18.2 Å². The number of ether oxygens (including phenoxy) is 1. The van der Waals surface area contributed by atoms with Gasteiger partial charge in [0.1, 0.15) is 5.75 Å². The van der Waals surface area contributed by atoms with Gasteiger partial charge in [0.25, 0.3) is 0 Å². The lowest BCUT2D eigenvalue weighted by Crippen LogP contribution is -2.01. The Morgan fingerprint density at radius 2 is 2.10 bits per heavy atom. The molecular weight excluding hydrogens is 264 g/mol. The van der Waals surface area contributed by atoms with E-state index < -0.39 is 0 Å². The zero-order chi connectivity index (χ0) is 14.7. The summed E-state index contributed by atoms with van der Waals surface area (Å²) in [5, 5.41) is 4.52. The highest BCUT2D eigenvalue weighted by molar-refractivity contribution is 5.98. The summed E-state index contributed by atoms with van der Waals surface area (Å²) in [5.41, 5.74) is 2.65. The minimum Gasteiger partial charge on any atom is -0.497 e. The SMILES string of the molecule is COc1ccc(Cn2cc3c(n2)C=CCCCC3=O)cc1. The first-order valence-electron chi connectivity index (χ1n) is 7.16. The number of hydrogen-bond donors (Lipinski definition) is 0. The Bertz CT molecular complexity index is 669. The highest BCUT2D eigenvalue weighted by Crippen LogP contribution is 2.18. The summed E-state index contributed by atoms with van der Waals surface area (Å²) in [4.78, 5) is 12.1. The quantitative estimate of drug-likeness (QED) is 0.867. The fourth-order valence-electron chi connectivity index (χ4n) is 2.48. The zero-order valence-corrected chi connectivity index (χ0v) is 12.1. The van der Waals surface area contributed by atoms with E-state index in [-0.39, 0.29) is 5.78 Å². The third-order valence-corrected chi connectivity index (χ3v) is 3.64. The molecule has 2 aromatic rings. The van der Waals surface area contributed by atoms with Gasteiger partial charge in [0.2, 0.25) is 0 Å². The second-order valence-corrected chi connectivity index (χ2v) is 5.19. The van der Waals surface area contributed by atoms with Crippen LogP contribution in [0.4, 0.5) is 0 Å². The molecule has 0 N–H and O–H groups in total. The number of methoxy groups -OCH3 is 1. The first-order valence-corrected chi connectivity index (χ1v) is 7.16. The van der Waals surface area contributed by atoms with E-state index in [0.29, 0.717) is 13.0 Å². The summed E-state index contributed by atoms with van der Waals surface area (Å²) in [6, 6.07) is 7.88. The molecule has 0 amide bonds. The molecule has 21 heavy (non-hydrogen) atoms. The van der Waals surface area contributed by atoms with Crippen LogP contribution < -0.4 is 4.74 Å². The number of carbonyl (C=O) groups excluding carboxylic acids is 1. The second-order valence-electron chi connectivity index (χ2n) is 5.19. The van der Waals surface area contributed by atoms with Crippen molar-refractivity contribution in [2.45, 2.75) is 25.8 Å². The van der Waals surface area contributed by atoms with Gasteiger partial charge in [0.15, 0.2) is 5.78 Å². The third-order valence-electron chi connectivity index (χ3n) is 3.64. The Balaban J connectivity index is 1.84. The predicted molar refractivity (Wildman–Crippen MR) is 81.5 cm³/mol. The van der Waals surface area contributed by atoms with Gasteiger partial charge in [-0.05, 0) is 36.6 Å². The van der Waals surface area contributed by atoms with E-state index >= 15 is 0 Å². The normalized spacial score (nSPS) is 14.4. The minimum absolute atomic E-state index is 0.190. The van der Waals surface area contributed by atoms with Crippen LogP contribution in [0.1, 0.15) is 40.9 Å². The zero-order valence-electron chi connectivity index (χ0n) is 12.1. The van der Waals surface area contributed by atoms with Crippen molar-refractivity contribution in [1.29, 1.82) is 0 Å². The summed E-state index contributed by atoms with van der Waals surface area (Å²) in [6.45, 7) is 0.651. The number of allylic oxidation sites excluding steroid dienone is 1. The number of fused-ring (bicyclic) bond motifs is 1. The van der Waals surface area contributed by atoms with Gasteiger partial charge in [0, 0.05) is 12.6 Å². The average molecular weight is 282 g/mol. The predicted octanol–water partition coefficient (Wildman–Crippen LogP) is 3.32. The van der Waals surface area contributed by atoms with Crippen LogP contribution in [0.25, 0.3) is 6.08 Å². The Kier molecular flexibility index (Phi) is 3.86. The standard InChI is InChI=1S/C17H18N2O2/c1-21-14-9-7-13(8-10-14)11-19-12-15-16(18-19)5-3-2-4-6-17(15)20/h3,5,7-10,12H,2,4,6,11H2,1H3. The van der Waals surface area contributed by atoms with Gasteiger partial charge in [-0.15, -0.1) is 0 Å². The van der Waals surface area contributed by atoms with Crippen molar-refractivity contribution >= 4 is 11.9 Å².